The summed E-state index contributed by atoms with van der Waals surface area (Å²) in [4.78, 5) is 29.7. The number of aromatic nitrogens is 1. The highest BCUT2D eigenvalue weighted by Crippen LogP contribution is 2.23. The van der Waals surface area contributed by atoms with E-state index in [1.165, 1.54) is 0 Å². The summed E-state index contributed by atoms with van der Waals surface area (Å²) >= 11 is 0. The molecule has 3 aromatic rings. The molecular weight excluding hydrogens is 454 g/mol. The van der Waals surface area contributed by atoms with Crippen LogP contribution in [0, 0.1) is 0 Å². The van der Waals surface area contributed by atoms with Crippen LogP contribution in [-0.2, 0) is 9.53 Å². The monoisotopic (exact) mass is 487 g/mol. The van der Waals surface area contributed by atoms with E-state index in [9.17, 15) is 9.59 Å². The molecule has 1 atom stereocenters. The van der Waals surface area contributed by atoms with Crippen LogP contribution in [0.25, 0.3) is 10.8 Å². The third-order valence-electron chi connectivity index (χ3n) is 5.12. The third-order valence-corrected chi connectivity index (χ3v) is 5.12. The van der Waals surface area contributed by atoms with E-state index in [1.807, 2.05) is 54.6 Å². The average molecular weight is 488 g/mol. The average Bonchev–Trinajstić information content (AvgIpc) is 2.83. The molecule has 7 nitrogen and oxygen atoms in total. The van der Waals surface area contributed by atoms with Gasteiger partial charge in [-0.25, -0.2) is 4.79 Å². The van der Waals surface area contributed by atoms with E-state index in [2.05, 4.69) is 22.5 Å². The van der Waals surface area contributed by atoms with Gasteiger partial charge in [0.25, 0.3) is 0 Å². The van der Waals surface area contributed by atoms with Crippen LogP contribution in [-0.4, -0.2) is 29.1 Å². The van der Waals surface area contributed by atoms with Crippen molar-refractivity contribution in [3.05, 3.63) is 91.0 Å². The Balaban J connectivity index is 1.76. The molecule has 1 aromatic heterocycles. The summed E-state index contributed by atoms with van der Waals surface area (Å²) in [6.07, 6.45) is 11.2. The second-order valence-electron chi connectivity index (χ2n) is 9.21. The number of nitrogens with one attached hydrogen (secondary N) is 2. The number of anilines is 1. The molecule has 36 heavy (non-hydrogen) atoms. The predicted octanol–water partition coefficient (Wildman–Crippen LogP) is 6.34. The molecule has 0 spiro atoms. The summed E-state index contributed by atoms with van der Waals surface area (Å²) in [6, 6.07) is 14.7. The van der Waals surface area contributed by atoms with E-state index < -0.39 is 17.6 Å². The fourth-order valence-corrected chi connectivity index (χ4v) is 3.41. The molecule has 0 bridgehead atoms. The van der Waals surface area contributed by atoms with Crippen molar-refractivity contribution >= 4 is 28.5 Å². The number of benzene rings is 2. The Morgan fingerprint density at radius 3 is 2.53 bits per heavy atom. The van der Waals surface area contributed by atoms with Gasteiger partial charge in [0.15, 0.2) is 0 Å². The highest BCUT2D eigenvalue weighted by Gasteiger charge is 2.24. The molecule has 1 heterocycles. The number of fused-ring (bicyclic) bond motifs is 1. The Morgan fingerprint density at radius 1 is 1.03 bits per heavy atom. The Kier molecular flexibility index (Phi) is 9.22. The minimum Gasteiger partial charge on any atom is -0.465 e. The molecule has 3 rings (SSSR count). The molecule has 1 unspecified atom stereocenters. The molecular formula is C29H33N3O4. The topological polar surface area (TPSA) is 89.5 Å². The Morgan fingerprint density at radius 2 is 1.81 bits per heavy atom. The number of pyridine rings is 1. The van der Waals surface area contributed by atoms with Crippen LogP contribution in [0.15, 0.2) is 85.4 Å². The van der Waals surface area contributed by atoms with Crippen LogP contribution in [0.2, 0.25) is 0 Å². The normalized spacial score (nSPS) is 12.6. The fraction of sp³-hybridized carbons (Fsp3) is 0.276. The second-order valence-corrected chi connectivity index (χ2v) is 9.21. The van der Waals surface area contributed by atoms with Gasteiger partial charge in [0.05, 0.1) is 12.2 Å². The number of allylic oxidation sites excluding steroid dienone is 3. The zero-order valence-electron chi connectivity index (χ0n) is 21.2. The van der Waals surface area contributed by atoms with Gasteiger partial charge in [-0.05, 0) is 74.5 Å². The van der Waals surface area contributed by atoms with Crippen molar-refractivity contribution in [3.8, 4) is 5.75 Å². The van der Waals surface area contributed by atoms with Gasteiger partial charge < -0.3 is 20.1 Å². The number of hydrogen-bond donors (Lipinski definition) is 2. The molecule has 0 radical (unpaired) electrons. The summed E-state index contributed by atoms with van der Waals surface area (Å²) < 4.78 is 11.0. The van der Waals surface area contributed by atoms with Crippen molar-refractivity contribution in [2.24, 2.45) is 0 Å². The lowest BCUT2D eigenvalue weighted by Gasteiger charge is -2.22. The van der Waals surface area contributed by atoms with E-state index in [1.54, 1.807) is 51.6 Å². The zero-order valence-corrected chi connectivity index (χ0v) is 21.2. The van der Waals surface area contributed by atoms with Crippen molar-refractivity contribution < 1.29 is 19.1 Å². The van der Waals surface area contributed by atoms with Gasteiger partial charge in [-0.3, -0.25) is 9.78 Å². The number of amides is 2. The Bertz CT molecular complexity index is 1230. The lowest BCUT2D eigenvalue weighted by molar-refractivity contribution is -0.117. The first-order valence-corrected chi connectivity index (χ1v) is 11.9. The molecule has 0 saturated heterocycles. The molecule has 0 saturated carbocycles. The van der Waals surface area contributed by atoms with Crippen LogP contribution in [0.5, 0.6) is 5.75 Å². The van der Waals surface area contributed by atoms with Gasteiger partial charge in [0, 0.05) is 30.0 Å². The molecule has 7 heteroatoms. The maximum Gasteiger partial charge on any atom is 0.407 e. The van der Waals surface area contributed by atoms with Gasteiger partial charge in [0.2, 0.25) is 5.91 Å². The maximum atomic E-state index is 13.3. The second kappa shape index (κ2) is 12.5. The van der Waals surface area contributed by atoms with Crippen LogP contribution < -0.4 is 15.4 Å². The van der Waals surface area contributed by atoms with Crippen molar-refractivity contribution in [2.45, 2.75) is 45.6 Å². The number of rotatable bonds is 9. The van der Waals surface area contributed by atoms with E-state index >= 15 is 0 Å². The first kappa shape index (κ1) is 26.5. The number of hydrogen-bond acceptors (Lipinski definition) is 5. The van der Waals surface area contributed by atoms with Crippen molar-refractivity contribution in [2.75, 3.05) is 11.9 Å². The van der Waals surface area contributed by atoms with Crippen LogP contribution in [0.3, 0.4) is 0 Å². The molecule has 188 valence electrons. The quantitative estimate of drug-likeness (QED) is 0.271. The van der Waals surface area contributed by atoms with Crippen molar-refractivity contribution in [1.29, 1.82) is 0 Å². The Hall–Kier alpha value is -4.13. The molecule has 2 aromatic carbocycles. The third kappa shape index (κ3) is 8.27. The maximum absolute atomic E-state index is 13.3. The number of ether oxygens (including phenoxy) is 2. The molecule has 0 aliphatic heterocycles. The van der Waals surface area contributed by atoms with Crippen molar-refractivity contribution in [3.63, 3.8) is 0 Å². The van der Waals surface area contributed by atoms with Gasteiger partial charge in [-0.1, -0.05) is 37.3 Å². The SMILES string of the molecule is CC/C=C\C=C/Oc1ccc(C(CNC(=O)OC(C)(C)C)C(=O)Nc2ccc3cnccc3c2)cc1. The highest BCUT2D eigenvalue weighted by molar-refractivity contribution is 5.98. The molecule has 0 fully saturated rings. The van der Waals surface area contributed by atoms with E-state index in [-0.39, 0.29) is 12.5 Å². The van der Waals surface area contributed by atoms with Gasteiger partial charge >= 0.3 is 6.09 Å². The van der Waals surface area contributed by atoms with Gasteiger partial charge in [-0.15, -0.1) is 0 Å². The predicted molar refractivity (Wildman–Crippen MR) is 143 cm³/mol. The van der Waals surface area contributed by atoms with Gasteiger partial charge in [0.1, 0.15) is 11.4 Å². The summed E-state index contributed by atoms with van der Waals surface area (Å²) in [6.45, 7) is 7.50. The summed E-state index contributed by atoms with van der Waals surface area (Å²) in [5.74, 6) is -0.261. The number of nitrogens with zero attached hydrogens (tertiary/aromatic N) is 1. The lowest BCUT2D eigenvalue weighted by Crippen LogP contribution is -2.37. The summed E-state index contributed by atoms with van der Waals surface area (Å²) in [5.41, 5.74) is 0.752. The standard InChI is InChI=1S/C29H33N3O4/c1-5-6-7-8-17-35-25-13-10-21(11-14-25)26(20-31-28(34)36-29(2,3)4)27(33)32-24-12-9-23-19-30-16-15-22(23)18-24/h6-19,26H,5,20H2,1-4H3,(H,31,34)(H,32,33)/b7-6-,17-8-. The minimum atomic E-state index is -0.650. The summed E-state index contributed by atoms with van der Waals surface area (Å²) in [5, 5.41) is 7.64. The number of carbonyl (C=O) groups excluding carboxylic acids is 2. The van der Waals surface area contributed by atoms with E-state index in [0.29, 0.717) is 11.4 Å². The molecule has 0 aliphatic carbocycles. The lowest BCUT2D eigenvalue weighted by atomic mass is 9.97. The molecule has 0 aliphatic rings. The Labute approximate surface area is 212 Å². The number of alkyl carbamates (subject to hydrolysis) is 1. The zero-order chi connectivity index (χ0) is 26.0. The highest BCUT2D eigenvalue weighted by atomic mass is 16.6. The fourth-order valence-electron chi connectivity index (χ4n) is 3.41. The first-order chi connectivity index (χ1) is 17.2. The largest absolute Gasteiger partial charge is 0.465 e. The molecule has 2 N–H and O–H groups in total. The first-order valence-electron chi connectivity index (χ1n) is 11.9. The van der Waals surface area contributed by atoms with E-state index in [4.69, 9.17) is 9.47 Å². The smallest absolute Gasteiger partial charge is 0.407 e. The van der Waals surface area contributed by atoms with Crippen LogP contribution in [0.1, 0.15) is 45.6 Å². The van der Waals surface area contributed by atoms with Crippen LogP contribution in [0.4, 0.5) is 10.5 Å². The minimum absolute atomic E-state index is 0.0696. The van der Waals surface area contributed by atoms with Gasteiger partial charge in [-0.2, -0.15) is 0 Å². The number of carbonyl (C=O) groups is 2. The molecule has 2 amide bonds. The van der Waals surface area contributed by atoms with Crippen molar-refractivity contribution in [1.82, 2.24) is 10.3 Å². The summed E-state index contributed by atoms with van der Waals surface area (Å²) in [7, 11) is 0. The van der Waals surface area contributed by atoms with E-state index in [0.717, 1.165) is 22.8 Å². The van der Waals surface area contributed by atoms with Crippen LogP contribution >= 0.6 is 0 Å².